The number of likely N-dealkylation sites (N-methyl/N-ethyl adjacent to an activating group) is 1. The Balaban J connectivity index is 1.79. The molecule has 1 aliphatic rings. The van der Waals surface area contributed by atoms with Gasteiger partial charge < -0.3 is 19.5 Å². The highest BCUT2D eigenvalue weighted by molar-refractivity contribution is 5.89. The number of hydrogen-bond acceptors (Lipinski definition) is 5. The van der Waals surface area contributed by atoms with Crippen molar-refractivity contribution < 1.29 is 19.4 Å². The van der Waals surface area contributed by atoms with E-state index in [1.165, 1.54) is 5.56 Å². The van der Waals surface area contributed by atoms with Gasteiger partial charge in [0.15, 0.2) is 0 Å². The molecular weight excluding hydrogens is 368 g/mol. The number of anilines is 1. The minimum atomic E-state index is -0.893. The lowest BCUT2D eigenvalue weighted by Crippen LogP contribution is -2.36. The second-order valence-electron chi connectivity index (χ2n) is 7.59. The van der Waals surface area contributed by atoms with E-state index in [2.05, 4.69) is 41.1 Å². The molecule has 0 aromatic heterocycles. The predicted octanol–water partition coefficient (Wildman–Crippen LogP) is 3.57. The van der Waals surface area contributed by atoms with Crippen LogP contribution in [0.5, 0.6) is 0 Å². The number of aryl methyl sites for hydroxylation is 1. The van der Waals surface area contributed by atoms with Crippen LogP contribution in [0.3, 0.4) is 0 Å². The molecule has 1 fully saturated rings. The lowest BCUT2D eigenvalue weighted by atomic mass is 10.0. The number of rotatable bonds is 9. The van der Waals surface area contributed by atoms with Crippen LogP contribution >= 0.6 is 0 Å². The molecule has 0 amide bonds. The monoisotopic (exact) mass is 398 g/mol. The number of carboxylic acids is 1. The number of aromatic carboxylic acids is 1. The largest absolute Gasteiger partial charge is 0.478 e. The molecule has 1 saturated heterocycles. The van der Waals surface area contributed by atoms with Crippen LogP contribution in [0.25, 0.3) is 0 Å². The van der Waals surface area contributed by atoms with Crippen LogP contribution in [-0.4, -0.2) is 62.7 Å². The fourth-order valence-electron chi connectivity index (χ4n) is 3.92. The van der Waals surface area contributed by atoms with E-state index in [9.17, 15) is 9.90 Å². The van der Waals surface area contributed by atoms with Gasteiger partial charge in [0, 0.05) is 39.5 Å². The van der Waals surface area contributed by atoms with Crippen LogP contribution in [0.4, 0.5) is 5.69 Å². The lowest BCUT2D eigenvalue weighted by Gasteiger charge is -2.34. The first-order valence-electron chi connectivity index (χ1n) is 9.94. The maximum Gasteiger partial charge on any atom is 0.335 e. The van der Waals surface area contributed by atoms with Gasteiger partial charge in [0.25, 0.3) is 0 Å². The summed E-state index contributed by atoms with van der Waals surface area (Å²) in [5.74, 6) is -0.893. The third-order valence-electron chi connectivity index (χ3n) is 5.58. The Bertz CT molecular complexity index is 812. The first-order chi connectivity index (χ1) is 14.0. The molecule has 2 atom stereocenters. The number of benzene rings is 2. The normalized spacial score (nSPS) is 18.0. The summed E-state index contributed by atoms with van der Waals surface area (Å²) in [6.07, 6.45) is 1.20. The van der Waals surface area contributed by atoms with Crippen LogP contribution in [-0.2, 0) is 9.47 Å². The van der Waals surface area contributed by atoms with E-state index in [0.717, 1.165) is 37.3 Å². The number of carboxylic acid groups (broad SMARTS) is 1. The molecule has 1 N–H and O–H groups in total. The minimum absolute atomic E-state index is 0.146. The van der Waals surface area contributed by atoms with Crippen molar-refractivity contribution in [3.63, 3.8) is 0 Å². The number of likely N-dealkylation sites (tertiary alicyclic amines) is 1. The van der Waals surface area contributed by atoms with Crippen molar-refractivity contribution in [2.45, 2.75) is 25.5 Å². The Labute approximate surface area is 172 Å². The maximum absolute atomic E-state index is 11.4. The van der Waals surface area contributed by atoms with E-state index in [1.54, 1.807) is 13.2 Å². The van der Waals surface area contributed by atoms with Crippen LogP contribution in [0.1, 0.15) is 33.9 Å². The summed E-state index contributed by atoms with van der Waals surface area (Å²) in [6.45, 7) is 4.92. The van der Waals surface area contributed by atoms with Crippen LogP contribution in [0.2, 0.25) is 0 Å². The molecule has 0 spiro atoms. The van der Waals surface area contributed by atoms with Crippen LogP contribution in [0.15, 0.2) is 48.5 Å². The SMILES string of the molecule is COCO[C@H]1CCN(C[C@@H](c2ccccc2)N(C)c2ccc(C(=O)O)c(C)c2)C1. The van der Waals surface area contributed by atoms with Gasteiger partial charge in [-0.2, -0.15) is 0 Å². The summed E-state index contributed by atoms with van der Waals surface area (Å²) in [5.41, 5.74) is 3.35. The predicted molar refractivity (Wildman–Crippen MR) is 114 cm³/mol. The lowest BCUT2D eigenvalue weighted by molar-refractivity contribution is -0.0671. The fraction of sp³-hybridized carbons (Fsp3) is 0.435. The first-order valence-corrected chi connectivity index (χ1v) is 9.94. The van der Waals surface area contributed by atoms with Gasteiger partial charge in [-0.25, -0.2) is 4.79 Å². The van der Waals surface area contributed by atoms with Gasteiger partial charge in [-0.15, -0.1) is 0 Å². The van der Waals surface area contributed by atoms with E-state index in [4.69, 9.17) is 9.47 Å². The zero-order valence-corrected chi connectivity index (χ0v) is 17.4. The van der Waals surface area contributed by atoms with Gasteiger partial charge in [0.1, 0.15) is 6.79 Å². The molecule has 6 nitrogen and oxygen atoms in total. The maximum atomic E-state index is 11.4. The molecule has 1 heterocycles. The molecule has 6 heteroatoms. The number of ether oxygens (including phenoxy) is 2. The third-order valence-corrected chi connectivity index (χ3v) is 5.58. The molecular formula is C23H30N2O4. The molecule has 0 radical (unpaired) electrons. The second kappa shape index (κ2) is 9.87. The van der Waals surface area contributed by atoms with Crippen molar-refractivity contribution in [1.82, 2.24) is 4.90 Å². The van der Waals surface area contributed by atoms with Crippen LogP contribution in [0, 0.1) is 6.92 Å². The number of carbonyl (C=O) groups is 1. The highest BCUT2D eigenvalue weighted by Gasteiger charge is 2.28. The van der Waals surface area contributed by atoms with E-state index in [0.29, 0.717) is 12.4 Å². The standard InChI is InChI=1S/C23H30N2O4/c1-17-13-19(9-10-21(17)23(26)27)24(2)22(18-7-5-4-6-8-18)15-25-12-11-20(14-25)29-16-28-3/h4-10,13,20,22H,11-12,14-16H2,1-3H3,(H,26,27)/t20-,22-/m0/s1. The summed E-state index contributed by atoms with van der Waals surface area (Å²) in [4.78, 5) is 16.0. The minimum Gasteiger partial charge on any atom is -0.478 e. The van der Waals surface area contributed by atoms with Gasteiger partial charge in [0.05, 0.1) is 17.7 Å². The Morgan fingerprint density at radius 1 is 1.28 bits per heavy atom. The topological polar surface area (TPSA) is 62.2 Å². The zero-order chi connectivity index (χ0) is 20.8. The van der Waals surface area contributed by atoms with Gasteiger partial charge >= 0.3 is 5.97 Å². The molecule has 0 unspecified atom stereocenters. The summed E-state index contributed by atoms with van der Waals surface area (Å²) in [7, 11) is 3.71. The average Bonchev–Trinajstić information content (AvgIpc) is 3.17. The molecule has 3 rings (SSSR count). The molecule has 0 saturated carbocycles. The Hall–Kier alpha value is -2.41. The first kappa shape index (κ1) is 21.3. The van der Waals surface area contributed by atoms with Crippen molar-refractivity contribution >= 4 is 11.7 Å². The van der Waals surface area contributed by atoms with Crippen molar-refractivity contribution in [3.8, 4) is 0 Å². The van der Waals surface area contributed by atoms with Crippen molar-refractivity contribution in [2.75, 3.05) is 45.5 Å². The fourth-order valence-corrected chi connectivity index (χ4v) is 3.92. The van der Waals surface area contributed by atoms with Crippen molar-refractivity contribution in [3.05, 3.63) is 65.2 Å². The van der Waals surface area contributed by atoms with Crippen molar-refractivity contribution in [2.24, 2.45) is 0 Å². The highest BCUT2D eigenvalue weighted by atomic mass is 16.7. The van der Waals surface area contributed by atoms with Gasteiger partial charge in [-0.1, -0.05) is 30.3 Å². The molecule has 0 aliphatic carbocycles. The van der Waals surface area contributed by atoms with Gasteiger partial charge in [0.2, 0.25) is 0 Å². The summed E-state index contributed by atoms with van der Waals surface area (Å²) < 4.78 is 10.8. The van der Waals surface area contributed by atoms with Gasteiger partial charge in [-0.3, -0.25) is 4.90 Å². The summed E-state index contributed by atoms with van der Waals surface area (Å²) >= 11 is 0. The molecule has 29 heavy (non-hydrogen) atoms. The number of hydrogen-bond donors (Lipinski definition) is 1. The van der Waals surface area contributed by atoms with E-state index in [1.807, 2.05) is 25.1 Å². The quantitative estimate of drug-likeness (QED) is 0.652. The molecule has 1 aliphatic heterocycles. The number of methoxy groups -OCH3 is 1. The molecule has 2 aromatic rings. The summed E-state index contributed by atoms with van der Waals surface area (Å²) in [5, 5.41) is 9.32. The Morgan fingerprint density at radius 3 is 2.69 bits per heavy atom. The molecule has 156 valence electrons. The number of nitrogens with zero attached hydrogens (tertiary/aromatic N) is 2. The Kier molecular flexibility index (Phi) is 7.25. The van der Waals surface area contributed by atoms with Crippen LogP contribution < -0.4 is 4.90 Å². The Morgan fingerprint density at radius 2 is 2.03 bits per heavy atom. The zero-order valence-electron chi connectivity index (χ0n) is 17.4. The average molecular weight is 399 g/mol. The van der Waals surface area contributed by atoms with E-state index in [-0.39, 0.29) is 12.1 Å². The van der Waals surface area contributed by atoms with E-state index >= 15 is 0 Å². The van der Waals surface area contributed by atoms with Crippen molar-refractivity contribution in [1.29, 1.82) is 0 Å². The summed E-state index contributed by atoms with van der Waals surface area (Å²) in [6, 6.07) is 16.1. The highest BCUT2D eigenvalue weighted by Crippen LogP contribution is 2.29. The third kappa shape index (κ3) is 5.35. The molecule has 0 bridgehead atoms. The second-order valence-corrected chi connectivity index (χ2v) is 7.59. The molecule has 2 aromatic carbocycles. The van der Waals surface area contributed by atoms with Gasteiger partial charge in [-0.05, 0) is 42.7 Å². The smallest absolute Gasteiger partial charge is 0.335 e. The van der Waals surface area contributed by atoms with E-state index < -0.39 is 5.97 Å².